The highest BCUT2D eigenvalue weighted by atomic mass is 28.3. The Morgan fingerprint density at radius 1 is 1.38 bits per heavy atom. The summed E-state index contributed by atoms with van der Waals surface area (Å²) < 4.78 is 0. The highest BCUT2D eigenvalue weighted by Crippen LogP contribution is 1.92. The van der Waals surface area contributed by atoms with E-state index in [9.17, 15) is 0 Å². The molecule has 0 fully saturated rings. The van der Waals surface area contributed by atoms with Crippen LogP contribution in [0.25, 0.3) is 0 Å². The molecule has 0 rings (SSSR count). The second-order valence-corrected chi connectivity index (χ2v) is 5.69. The molecule has 0 aromatic heterocycles. The Hall–Kier alpha value is 0.107. The molecule has 0 aromatic rings. The van der Waals surface area contributed by atoms with Crippen molar-refractivity contribution in [3.05, 3.63) is 0 Å². The average Bonchev–Trinajstić information content (AvgIpc) is 1.61. The maximum absolute atomic E-state index is 5.30. The predicted octanol–water partition coefficient (Wildman–Crippen LogP) is 0.974. The van der Waals surface area contributed by atoms with E-state index in [1.54, 1.807) is 0 Å². The van der Waals surface area contributed by atoms with Gasteiger partial charge in [0.25, 0.3) is 0 Å². The lowest BCUT2D eigenvalue weighted by molar-refractivity contribution is 0.920. The standard InChI is InChI=1S/C5H15NSi.FH/c1-7(2)5-3-4-6;/h7H,3-6H2,1-2H3;1H. The lowest BCUT2D eigenvalue weighted by Crippen LogP contribution is -2.04. The third kappa shape index (κ3) is 9.44. The Kier molecular flexibility index (Phi) is 9.75. The number of nitrogens with two attached hydrogens (primary N) is 1. The van der Waals surface area contributed by atoms with Gasteiger partial charge in [-0.1, -0.05) is 19.1 Å². The molecule has 0 amide bonds. The lowest BCUT2D eigenvalue weighted by atomic mass is 10.5. The van der Waals surface area contributed by atoms with E-state index < -0.39 is 0 Å². The van der Waals surface area contributed by atoms with Crippen molar-refractivity contribution in [1.82, 2.24) is 0 Å². The molecule has 2 N–H and O–H groups in total. The molecule has 0 radical (unpaired) electrons. The van der Waals surface area contributed by atoms with E-state index in [2.05, 4.69) is 13.1 Å². The van der Waals surface area contributed by atoms with E-state index in [0.29, 0.717) is 0 Å². The van der Waals surface area contributed by atoms with Crippen LogP contribution >= 0.6 is 0 Å². The zero-order chi connectivity index (χ0) is 5.70. The van der Waals surface area contributed by atoms with E-state index in [-0.39, 0.29) is 13.5 Å². The maximum atomic E-state index is 5.30. The normalized spacial score (nSPS) is 9.00. The van der Waals surface area contributed by atoms with Crippen molar-refractivity contribution in [3.8, 4) is 0 Å². The second kappa shape index (κ2) is 7.11. The van der Waals surface area contributed by atoms with Crippen LogP contribution in [-0.2, 0) is 0 Å². The first-order chi connectivity index (χ1) is 3.27. The summed E-state index contributed by atoms with van der Waals surface area (Å²) in [6, 6.07) is 1.41. The molecule has 8 heavy (non-hydrogen) atoms. The summed E-state index contributed by atoms with van der Waals surface area (Å²) in [6.45, 7) is 5.59. The molecule has 0 spiro atoms. The van der Waals surface area contributed by atoms with Crippen LogP contribution in [0, 0.1) is 0 Å². The fourth-order valence-electron chi connectivity index (χ4n) is 0.526. The van der Waals surface area contributed by atoms with Gasteiger partial charge in [0.2, 0.25) is 0 Å². The van der Waals surface area contributed by atoms with Gasteiger partial charge >= 0.3 is 0 Å². The molecule has 0 saturated carbocycles. The molecule has 0 aromatic carbocycles. The smallest absolute Gasteiger partial charge is 0.0306 e. The van der Waals surface area contributed by atoms with Gasteiger partial charge in [0.15, 0.2) is 0 Å². The van der Waals surface area contributed by atoms with Crippen LogP contribution in [0.3, 0.4) is 0 Å². The minimum absolute atomic E-state index is 0. The molecule has 0 aliphatic carbocycles. The maximum Gasteiger partial charge on any atom is 0.0306 e. The number of hydrogen-bond donors (Lipinski definition) is 1. The molecule has 0 heterocycles. The van der Waals surface area contributed by atoms with Crippen molar-refractivity contribution in [1.29, 1.82) is 0 Å². The Balaban J connectivity index is 0. The van der Waals surface area contributed by atoms with Crippen molar-refractivity contribution in [2.45, 2.75) is 25.6 Å². The Labute approximate surface area is 52.2 Å². The Morgan fingerprint density at radius 3 is 2.00 bits per heavy atom. The van der Waals surface area contributed by atoms with Crippen molar-refractivity contribution < 1.29 is 4.70 Å². The largest absolute Gasteiger partial charge is 0.330 e. The van der Waals surface area contributed by atoms with E-state index in [0.717, 1.165) is 6.54 Å². The van der Waals surface area contributed by atoms with Gasteiger partial charge in [0.05, 0.1) is 0 Å². The third-order valence-corrected chi connectivity index (χ3v) is 2.55. The SMILES string of the molecule is C[SiH](C)CCCN.F. The van der Waals surface area contributed by atoms with Crippen molar-refractivity contribution >= 4 is 8.80 Å². The highest BCUT2D eigenvalue weighted by Gasteiger charge is 1.90. The Bertz CT molecular complexity index is 41.4. The number of hydrogen-bond acceptors (Lipinski definition) is 1. The van der Waals surface area contributed by atoms with Gasteiger partial charge < -0.3 is 5.73 Å². The minimum Gasteiger partial charge on any atom is -0.330 e. The van der Waals surface area contributed by atoms with Crippen LogP contribution in [-0.4, -0.2) is 15.3 Å². The van der Waals surface area contributed by atoms with Crippen molar-refractivity contribution in [2.75, 3.05) is 6.54 Å². The van der Waals surface area contributed by atoms with Crippen LogP contribution in [0.15, 0.2) is 0 Å². The third-order valence-electron chi connectivity index (χ3n) is 0.986. The zero-order valence-electron chi connectivity index (χ0n) is 5.68. The second-order valence-electron chi connectivity index (χ2n) is 2.32. The van der Waals surface area contributed by atoms with Crippen LogP contribution in [0.2, 0.25) is 19.1 Å². The molecule has 0 unspecified atom stereocenters. The molecule has 0 atom stereocenters. The fourth-order valence-corrected chi connectivity index (χ4v) is 1.58. The lowest BCUT2D eigenvalue weighted by Gasteiger charge is -1.97. The summed E-state index contributed by atoms with van der Waals surface area (Å²) in [7, 11) is -0.268. The summed E-state index contributed by atoms with van der Waals surface area (Å²) in [5.74, 6) is 0. The van der Waals surface area contributed by atoms with E-state index >= 15 is 0 Å². The number of halogens is 1. The van der Waals surface area contributed by atoms with Crippen LogP contribution in [0.5, 0.6) is 0 Å². The number of rotatable bonds is 3. The summed E-state index contributed by atoms with van der Waals surface area (Å²) in [5.41, 5.74) is 5.30. The van der Waals surface area contributed by atoms with Gasteiger partial charge in [-0.2, -0.15) is 0 Å². The molecule has 52 valence electrons. The zero-order valence-corrected chi connectivity index (χ0v) is 6.84. The first kappa shape index (κ1) is 11.0. The van der Waals surface area contributed by atoms with E-state index in [4.69, 9.17) is 5.73 Å². The summed E-state index contributed by atoms with van der Waals surface area (Å²) >= 11 is 0. The van der Waals surface area contributed by atoms with Gasteiger partial charge in [0.1, 0.15) is 0 Å². The van der Waals surface area contributed by atoms with Crippen LogP contribution in [0.1, 0.15) is 6.42 Å². The van der Waals surface area contributed by atoms with Gasteiger partial charge in [-0.3, -0.25) is 4.70 Å². The molecular formula is C5H16FNSi. The van der Waals surface area contributed by atoms with Gasteiger partial charge in [-0.15, -0.1) is 0 Å². The van der Waals surface area contributed by atoms with Gasteiger partial charge in [0, 0.05) is 8.80 Å². The minimum atomic E-state index is -0.268. The molecule has 0 aliphatic rings. The summed E-state index contributed by atoms with van der Waals surface area (Å²) in [6.07, 6.45) is 1.24. The molecular weight excluding hydrogens is 121 g/mol. The summed E-state index contributed by atoms with van der Waals surface area (Å²) in [5, 5.41) is 0. The quantitative estimate of drug-likeness (QED) is 0.576. The first-order valence-electron chi connectivity index (χ1n) is 2.97. The molecule has 0 saturated heterocycles. The molecule has 0 bridgehead atoms. The van der Waals surface area contributed by atoms with E-state index in [1.807, 2.05) is 0 Å². The topological polar surface area (TPSA) is 26.0 Å². The van der Waals surface area contributed by atoms with E-state index in [1.165, 1.54) is 12.5 Å². The van der Waals surface area contributed by atoms with Crippen molar-refractivity contribution in [2.24, 2.45) is 5.73 Å². The fraction of sp³-hybridized carbons (Fsp3) is 1.00. The van der Waals surface area contributed by atoms with Crippen molar-refractivity contribution in [3.63, 3.8) is 0 Å². The molecule has 3 heteroatoms. The first-order valence-corrected chi connectivity index (χ1v) is 6.10. The average molecular weight is 137 g/mol. The molecule has 0 aliphatic heterocycles. The van der Waals surface area contributed by atoms with Gasteiger partial charge in [-0.25, -0.2) is 0 Å². The summed E-state index contributed by atoms with van der Waals surface area (Å²) in [4.78, 5) is 0. The molecule has 1 nitrogen and oxygen atoms in total. The van der Waals surface area contributed by atoms with Gasteiger partial charge in [-0.05, 0) is 13.0 Å². The Morgan fingerprint density at radius 2 is 1.88 bits per heavy atom. The van der Waals surface area contributed by atoms with Crippen LogP contribution < -0.4 is 5.73 Å². The highest BCUT2D eigenvalue weighted by molar-refractivity contribution is 6.55. The monoisotopic (exact) mass is 137 g/mol. The van der Waals surface area contributed by atoms with Crippen LogP contribution in [0.4, 0.5) is 4.70 Å². The predicted molar refractivity (Wildman–Crippen MR) is 39.9 cm³/mol.